The number of allylic oxidation sites excluding steroid dienone is 4. The lowest BCUT2D eigenvalue weighted by atomic mass is 9.45. The van der Waals surface area contributed by atoms with E-state index in [0.717, 1.165) is 44.0 Å². The molecule has 13 rings (SSSR count). The van der Waals surface area contributed by atoms with Gasteiger partial charge in [-0.15, -0.1) is 0 Å². The predicted molar refractivity (Wildman–Crippen MR) is 489 cm³/mol. The third-order valence-electron chi connectivity index (χ3n) is 25.7. The van der Waals surface area contributed by atoms with Crippen molar-refractivity contribution in [3.05, 3.63) is 167 Å². The Labute approximate surface area is 747 Å². The van der Waals surface area contributed by atoms with Crippen LogP contribution in [0.15, 0.2) is 128 Å². The van der Waals surface area contributed by atoms with Crippen LogP contribution >= 0.6 is 13.5 Å². The Morgan fingerprint density at radius 1 is 0.672 bits per heavy atom. The van der Waals surface area contributed by atoms with Crippen LogP contribution in [0.3, 0.4) is 0 Å². The number of benzene rings is 5. The number of aliphatic hydroxyl groups is 4. The number of halogens is 2. The number of fused-ring (bicyclic) bond motifs is 4. The molecule has 6 saturated carbocycles. The number of nitrogens with two attached hydrogens (primary N) is 2. The minimum Gasteiger partial charge on any atom is -0.496 e. The van der Waals surface area contributed by atoms with Crippen molar-refractivity contribution in [1.82, 2.24) is 41.0 Å². The number of carboxylic acid groups (broad SMARTS) is 1. The Balaban J connectivity index is 0.000000321. The number of nitrogens with zero attached hydrogens (tertiary/aromatic N) is 5. The quantitative estimate of drug-likeness (QED) is 0.0185. The van der Waals surface area contributed by atoms with Crippen molar-refractivity contribution in [2.45, 2.75) is 174 Å². The van der Waals surface area contributed by atoms with Gasteiger partial charge in [-0.1, -0.05) is 109 Å². The number of amides is 3. The van der Waals surface area contributed by atoms with Gasteiger partial charge in [0, 0.05) is 116 Å². The predicted octanol–water partition coefficient (Wildman–Crippen LogP) is 8.34. The second-order valence-corrected chi connectivity index (χ2v) is 37.3. The first kappa shape index (κ1) is 106. The number of sulfonamides is 1. The lowest BCUT2D eigenvalue weighted by Crippen LogP contribution is -2.62. The first-order valence-electron chi connectivity index (χ1n) is 42.0. The number of hydrogen-bond acceptors (Lipinski definition) is 24. The molecule has 0 unspecified atom stereocenters. The third kappa shape index (κ3) is 25.9. The molecule has 694 valence electrons. The average molecular weight is 1800 g/mol. The van der Waals surface area contributed by atoms with Crippen molar-refractivity contribution in [1.29, 1.82) is 0 Å². The summed E-state index contributed by atoms with van der Waals surface area (Å²) in [5, 5.41) is 66.8. The van der Waals surface area contributed by atoms with Crippen LogP contribution in [0.25, 0.3) is 22.3 Å². The van der Waals surface area contributed by atoms with Crippen LogP contribution in [0.4, 0.5) is 20.2 Å². The number of likely N-dealkylation sites (N-methyl/N-ethyl adjacent to an activating group) is 1. The number of carbonyl (C=O) groups is 4. The van der Waals surface area contributed by atoms with E-state index in [1.807, 2.05) is 88.5 Å². The van der Waals surface area contributed by atoms with Crippen LogP contribution in [-0.4, -0.2) is 244 Å². The summed E-state index contributed by atoms with van der Waals surface area (Å²) in [5.41, 5.74) is 17.3. The fourth-order valence-electron chi connectivity index (χ4n) is 18.7. The largest absolute Gasteiger partial charge is 0.496 e. The number of aromatic carboxylic acids is 1. The molecule has 2 heterocycles. The van der Waals surface area contributed by atoms with Crippen molar-refractivity contribution in [3.63, 3.8) is 0 Å². The molecule has 0 radical (unpaired) electrons. The molecule has 14 N–H and O–H groups in total. The van der Waals surface area contributed by atoms with E-state index in [0.29, 0.717) is 57.3 Å². The monoisotopic (exact) mass is 1800 g/mol. The van der Waals surface area contributed by atoms with Gasteiger partial charge in [0.2, 0.25) is 21.8 Å². The highest BCUT2D eigenvalue weighted by Gasteiger charge is 2.60. The first-order chi connectivity index (χ1) is 58.3. The summed E-state index contributed by atoms with van der Waals surface area (Å²) in [6, 6.07) is 21.9. The summed E-state index contributed by atoms with van der Waals surface area (Å²) in [7, 11) is 14.1. The number of rotatable bonds is 31. The molecule has 125 heavy (non-hydrogen) atoms. The van der Waals surface area contributed by atoms with Crippen LogP contribution in [0.2, 0.25) is 0 Å². The second-order valence-electron chi connectivity index (χ2n) is 35.4. The standard InChI is InChI=1S/C44H62FN5O8S.C34H46FN3O7.C11H19N3.C2H7N.O2S.H2S/c1-11-12-13-14-15-36(48-59(10,55)56)26(3)46-42(53)29-18-28(19-31(20-29)49(7)8)32-16-17-35(45)33(41(32)57-9)23-50-40(39(27(4)52)38(24-51)58-50)43(54)47-37-22-30-21-34(25(37)2)44(30,5)6;1-17-25-13-21(34(25,3)4)14-27(17)36-32(41)30-29(18(2)40)28(16-39)45-38(30)15-24-26(35)9-8-23(31(24)44-7)19-10-20(33(42)43)12-22(11-19)37(5)6;1-14(2)8-10(12)11(13)9-6-4-3-5-7-9;2*1-3-2;/h11-20,25-27,30,34,36-40,48,51-52H,1,21-24H2,2-10H3,(H,46,53)(H,47,54);8-12,17-18,21,25,27-30,39-40H,13-16H2,1-7H3,(H,36,41)(H,42,43);3-7,10-11H,8,12-13H2,1-2H3;3H,1-2H3;;1H2/b13-12-,15-14+;;;;;/t25-,26+,27-,30+,34-,36-,37-,38-,39+,40-;17-,18-,21+,25-,27-,28-,29+,30-;10-,11+;;;/m001.../s1. The highest BCUT2D eigenvalue weighted by molar-refractivity contribution is 7.88. The van der Waals surface area contributed by atoms with Gasteiger partial charge in [0.1, 0.15) is 47.4 Å². The van der Waals surface area contributed by atoms with Gasteiger partial charge in [-0.25, -0.2) is 26.7 Å². The smallest absolute Gasteiger partial charge is 0.335 e. The molecule has 8 aliphatic rings. The van der Waals surface area contributed by atoms with Crippen LogP contribution in [0, 0.1) is 69.8 Å². The SMILES string of the molecule is C=C/C=C\C=C\[C@H](NS(C)(=O)=O)[C@@H](C)NC(=O)c1cc(-c2ccc(F)c(CN3O[C@@H](CO)[C@@H]([C@H](C)O)[C@H]3C(=O)N[C@H]3C[C@H]4C[C@@H]([C@@H]3C)C4(C)C)c2OC)cc(N(C)C)c1.CN(C)C[C@@H](N)[C@@H](N)c1ccccc1.CNC.COc1c(-c2cc(C(=O)O)cc(N(C)C)c2)ccc(F)c1CN1O[C@@H](CO)[C@@H]([C@H](C)O)[C@H]1C(=O)N[C@H]1C[C@H]2C[C@@H]([C@@H]1C)C2(C)C.O=S=O.S. The molecule has 29 nitrogen and oxygen atoms in total. The number of ether oxygens (including phenoxy) is 2. The van der Waals surface area contributed by atoms with E-state index in [-0.39, 0.29) is 119 Å². The van der Waals surface area contributed by atoms with E-state index in [2.05, 4.69) is 74.1 Å². The number of nitrogens with one attached hydrogen (secondary N) is 5. The minimum absolute atomic E-state index is 0. The molecule has 5 aromatic rings. The van der Waals surface area contributed by atoms with E-state index in [1.54, 1.807) is 100 Å². The maximum atomic E-state index is 16.1. The van der Waals surface area contributed by atoms with Crippen molar-refractivity contribution in [2.75, 3.05) is 106 Å². The van der Waals surface area contributed by atoms with Crippen LogP contribution in [0.1, 0.15) is 131 Å². The molecule has 34 heteroatoms. The Hall–Kier alpha value is -8.14. The zero-order valence-corrected chi connectivity index (χ0v) is 78.4. The molecular weight excluding hydrogens is 1670 g/mol. The normalized spacial score (nSPS) is 25.3. The van der Waals surface area contributed by atoms with E-state index in [9.17, 15) is 53.1 Å². The number of carboxylic acids is 1. The third-order valence-corrected chi connectivity index (χ3v) is 26.4. The molecule has 0 aromatic heterocycles. The van der Waals surface area contributed by atoms with E-state index in [4.69, 9.17) is 39.0 Å². The van der Waals surface area contributed by atoms with Crippen molar-refractivity contribution in [2.24, 2.45) is 69.6 Å². The van der Waals surface area contributed by atoms with Crippen molar-refractivity contribution < 1.29 is 89.5 Å². The topological polar surface area (TPSA) is 403 Å². The summed E-state index contributed by atoms with van der Waals surface area (Å²) in [5.74, 6) is -2.30. The molecule has 2 saturated heterocycles. The number of aliphatic hydroxyl groups excluding tert-OH is 4. The summed E-state index contributed by atoms with van der Waals surface area (Å²) in [6.07, 6.45) is 9.43. The van der Waals surface area contributed by atoms with Gasteiger partial charge in [-0.2, -0.15) is 32.0 Å². The van der Waals surface area contributed by atoms with E-state index in [1.165, 1.54) is 48.6 Å². The molecule has 4 bridgehead atoms. The number of hydroxylamine groups is 4. The van der Waals surface area contributed by atoms with Gasteiger partial charge in [-0.05, 0) is 198 Å². The van der Waals surface area contributed by atoms with Crippen LogP contribution < -0.4 is 56.7 Å². The summed E-state index contributed by atoms with van der Waals surface area (Å²) >= 11 is -0.750. The van der Waals surface area contributed by atoms with Gasteiger partial charge in [0.05, 0.1) is 70.6 Å². The minimum atomic E-state index is -3.64. The molecular formula is C91H136F2N12O17S3. The maximum Gasteiger partial charge on any atom is 0.335 e. The van der Waals surface area contributed by atoms with Crippen molar-refractivity contribution >= 4 is 70.2 Å². The molecule has 2 aliphatic heterocycles. The fourth-order valence-corrected chi connectivity index (χ4v) is 19.5. The Morgan fingerprint density at radius 2 is 1.09 bits per heavy atom. The summed E-state index contributed by atoms with van der Waals surface area (Å²) in [6.45, 7) is 21.3. The van der Waals surface area contributed by atoms with E-state index >= 15 is 8.78 Å². The van der Waals surface area contributed by atoms with Gasteiger partial charge in [0.25, 0.3) is 5.91 Å². The van der Waals surface area contributed by atoms with Crippen LogP contribution in [0.5, 0.6) is 11.5 Å². The average Bonchev–Trinajstić information content (AvgIpc) is 0.962. The lowest BCUT2D eigenvalue weighted by Gasteiger charge is -2.62. The molecule has 5 aromatic carbocycles. The van der Waals surface area contributed by atoms with Gasteiger partial charge in [-0.3, -0.25) is 24.1 Å². The zero-order chi connectivity index (χ0) is 92.5. The van der Waals surface area contributed by atoms with Gasteiger partial charge >= 0.3 is 17.5 Å². The highest BCUT2D eigenvalue weighted by atomic mass is 32.2. The Morgan fingerprint density at radius 3 is 1.44 bits per heavy atom. The number of methoxy groups -OCH3 is 2. The van der Waals surface area contributed by atoms with Crippen LogP contribution in [-0.2, 0) is 53.9 Å². The lowest BCUT2D eigenvalue weighted by molar-refractivity contribution is -0.184. The second kappa shape index (κ2) is 46.7. The van der Waals surface area contributed by atoms with Gasteiger partial charge in [0.15, 0.2) is 0 Å². The molecule has 0 spiro atoms. The molecule has 6 aliphatic carbocycles. The Bertz CT molecular complexity index is 4660. The van der Waals surface area contributed by atoms with Gasteiger partial charge < -0.3 is 82.4 Å². The fraction of sp³-hybridized carbons (Fsp3) is 0.560. The maximum absolute atomic E-state index is 16.1. The van der Waals surface area contributed by atoms with Crippen molar-refractivity contribution in [3.8, 4) is 33.8 Å². The highest BCUT2D eigenvalue weighted by Crippen LogP contribution is 2.62. The Kier molecular flexibility index (Phi) is 39.5. The first-order valence-corrected chi connectivity index (χ1v) is 44.5. The summed E-state index contributed by atoms with van der Waals surface area (Å²) in [4.78, 5) is 71.9. The zero-order valence-electron chi connectivity index (χ0n) is 75.8. The molecule has 8 fully saturated rings. The number of carbonyl (C=O) groups excluding carboxylic acids is 3. The number of anilines is 2. The molecule has 20 atom stereocenters. The van der Waals surface area contributed by atoms with E-state index < -0.39 is 119 Å². The number of hydrogen-bond donors (Lipinski definition) is 12. The molecule has 3 amide bonds. The summed E-state index contributed by atoms with van der Waals surface area (Å²) < 4.78 is 86.9.